The number of fused-ring (bicyclic) bond motifs is 1. The lowest BCUT2D eigenvalue weighted by Crippen LogP contribution is -2.13. The van der Waals surface area contributed by atoms with Crippen molar-refractivity contribution in [2.24, 2.45) is 0 Å². The summed E-state index contributed by atoms with van der Waals surface area (Å²) in [6.45, 7) is 0. The van der Waals surface area contributed by atoms with E-state index in [0.717, 1.165) is 4.90 Å². The highest BCUT2D eigenvalue weighted by atomic mass is 32.2. The van der Waals surface area contributed by atoms with Crippen molar-refractivity contribution in [3.63, 3.8) is 0 Å². The zero-order chi connectivity index (χ0) is 24.5. The molecule has 4 rings (SSSR count). The Morgan fingerprint density at radius 2 is 1.65 bits per heavy atom. The molecule has 1 aromatic heterocycles. The van der Waals surface area contributed by atoms with Crippen molar-refractivity contribution >= 4 is 38.4 Å². The summed E-state index contributed by atoms with van der Waals surface area (Å²) in [7, 11) is -3.81. The highest BCUT2D eigenvalue weighted by molar-refractivity contribution is 7.98. The molecule has 1 N–H and O–H groups in total. The third-order valence-electron chi connectivity index (χ3n) is 5.08. The smallest absolute Gasteiger partial charge is 0.417 e. The number of hydrogen-bond donors (Lipinski definition) is 1. The second-order valence-corrected chi connectivity index (χ2v) is 10.0. The van der Waals surface area contributed by atoms with E-state index in [1.54, 1.807) is 36.4 Å². The van der Waals surface area contributed by atoms with E-state index in [-0.39, 0.29) is 22.3 Å². The van der Waals surface area contributed by atoms with Gasteiger partial charge >= 0.3 is 11.8 Å². The molecule has 0 saturated heterocycles. The van der Waals surface area contributed by atoms with Crippen molar-refractivity contribution in [2.75, 3.05) is 11.0 Å². The number of halogens is 3. The Morgan fingerprint density at radius 1 is 0.941 bits per heavy atom. The topological polar surface area (TPSA) is 76.4 Å². The number of benzene rings is 3. The van der Waals surface area contributed by atoms with Crippen LogP contribution in [0.5, 0.6) is 0 Å². The fourth-order valence-electron chi connectivity index (χ4n) is 3.48. The minimum Gasteiger partial charge on any atom is -0.423 e. The van der Waals surface area contributed by atoms with Crippen LogP contribution >= 0.6 is 11.8 Å². The monoisotopic (exact) mass is 505 g/mol. The number of anilines is 1. The predicted molar refractivity (Wildman–Crippen MR) is 126 cm³/mol. The van der Waals surface area contributed by atoms with E-state index in [9.17, 15) is 26.4 Å². The summed E-state index contributed by atoms with van der Waals surface area (Å²) in [5, 5.41) is -0.208. The Balaban J connectivity index is 1.58. The summed E-state index contributed by atoms with van der Waals surface area (Å²) in [6.07, 6.45) is -2.55. The lowest BCUT2D eigenvalue weighted by Gasteiger charge is -2.11. The van der Waals surface area contributed by atoms with Gasteiger partial charge in [0.15, 0.2) is 0 Å². The van der Waals surface area contributed by atoms with Gasteiger partial charge in [-0.2, -0.15) is 13.2 Å². The Hall–Kier alpha value is -3.24. The van der Waals surface area contributed by atoms with Crippen LogP contribution in [0, 0.1) is 0 Å². The van der Waals surface area contributed by atoms with Crippen molar-refractivity contribution in [3.8, 4) is 0 Å². The van der Waals surface area contributed by atoms with Crippen LogP contribution in [0.25, 0.3) is 11.0 Å². The van der Waals surface area contributed by atoms with Gasteiger partial charge in [-0.25, -0.2) is 13.2 Å². The van der Waals surface area contributed by atoms with Crippen molar-refractivity contribution in [2.45, 2.75) is 22.4 Å². The molecule has 4 aromatic rings. The van der Waals surface area contributed by atoms with Crippen LogP contribution < -0.4 is 10.3 Å². The molecule has 0 aliphatic heterocycles. The van der Waals surface area contributed by atoms with Crippen LogP contribution in [-0.2, 0) is 22.6 Å². The molecule has 1 heterocycles. The molecule has 3 aromatic carbocycles. The minimum absolute atomic E-state index is 0.0606. The first kappa shape index (κ1) is 23.9. The quantitative estimate of drug-likeness (QED) is 0.260. The van der Waals surface area contributed by atoms with Crippen LogP contribution in [0.4, 0.5) is 18.9 Å². The SMILES string of the molecule is CSc1cccc(NS(=O)(=O)c2ccc(Cc3ccc4oc(=O)cc(C(F)(F)F)c4c3)cc2)c1. The molecule has 0 atom stereocenters. The van der Waals surface area contributed by atoms with E-state index in [1.807, 2.05) is 12.3 Å². The summed E-state index contributed by atoms with van der Waals surface area (Å²) in [4.78, 5) is 12.4. The molecular weight excluding hydrogens is 487 g/mol. The number of hydrogen-bond acceptors (Lipinski definition) is 5. The Morgan fingerprint density at radius 3 is 2.32 bits per heavy atom. The molecule has 0 unspecified atom stereocenters. The van der Waals surface area contributed by atoms with E-state index in [1.165, 1.54) is 36.0 Å². The summed E-state index contributed by atoms with van der Waals surface area (Å²) in [6, 6.07) is 17.8. The maximum absolute atomic E-state index is 13.4. The standard InChI is InChI=1S/C24H18F3NO4S2/c1-33-18-4-2-3-17(13-18)28-34(30,31)19-8-5-15(6-9-19)11-16-7-10-22-20(12-16)21(24(25,26)27)14-23(29)32-22/h2-10,12-14,28H,11H2,1H3. The zero-order valence-electron chi connectivity index (χ0n) is 17.7. The number of nitrogens with one attached hydrogen (secondary N) is 1. The van der Waals surface area contributed by atoms with Crippen LogP contribution in [0.1, 0.15) is 16.7 Å². The van der Waals surface area contributed by atoms with Crippen LogP contribution in [0.15, 0.2) is 91.8 Å². The summed E-state index contributed by atoms with van der Waals surface area (Å²) < 4.78 is 73.0. The largest absolute Gasteiger partial charge is 0.423 e. The third kappa shape index (κ3) is 5.28. The highest BCUT2D eigenvalue weighted by Crippen LogP contribution is 2.34. The lowest BCUT2D eigenvalue weighted by atomic mass is 10.0. The normalized spacial score (nSPS) is 12.1. The highest BCUT2D eigenvalue weighted by Gasteiger charge is 2.33. The fraction of sp³-hybridized carbons (Fsp3) is 0.125. The molecule has 0 radical (unpaired) electrons. The van der Waals surface area contributed by atoms with Crippen molar-refractivity contribution in [1.29, 1.82) is 0 Å². The van der Waals surface area contributed by atoms with Crippen LogP contribution in [-0.4, -0.2) is 14.7 Å². The van der Waals surface area contributed by atoms with Gasteiger partial charge in [-0.3, -0.25) is 4.72 Å². The van der Waals surface area contributed by atoms with Crippen molar-refractivity contribution in [3.05, 3.63) is 99.9 Å². The first-order valence-corrected chi connectivity index (χ1v) is 12.7. The van der Waals surface area contributed by atoms with Gasteiger partial charge in [0.1, 0.15) is 5.58 Å². The van der Waals surface area contributed by atoms with Gasteiger partial charge in [-0.15, -0.1) is 11.8 Å². The molecule has 0 aliphatic carbocycles. The molecule has 10 heteroatoms. The first-order valence-electron chi connectivity index (χ1n) is 9.95. The second kappa shape index (κ2) is 9.19. The van der Waals surface area contributed by atoms with Gasteiger partial charge in [0, 0.05) is 22.0 Å². The summed E-state index contributed by atoms with van der Waals surface area (Å²) in [5.41, 5.74) is -0.583. The molecular formula is C24H18F3NO4S2. The van der Waals surface area contributed by atoms with Gasteiger partial charge in [-0.1, -0.05) is 24.3 Å². The van der Waals surface area contributed by atoms with Gasteiger partial charge in [0.2, 0.25) is 0 Å². The molecule has 5 nitrogen and oxygen atoms in total. The van der Waals surface area contributed by atoms with Gasteiger partial charge in [-0.05, 0) is 66.3 Å². The average molecular weight is 506 g/mol. The maximum atomic E-state index is 13.4. The first-order chi connectivity index (χ1) is 16.0. The van der Waals surface area contributed by atoms with E-state index >= 15 is 0 Å². The molecule has 0 aliphatic rings. The zero-order valence-corrected chi connectivity index (χ0v) is 19.4. The van der Waals surface area contributed by atoms with Gasteiger partial charge in [0.05, 0.1) is 10.5 Å². The Labute approximate surface area is 197 Å². The van der Waals surface area contributed by atoms with Crippen LogP contribution in [0.3, 0.4) is 0 Å². The molecule has 0 fully saturated rings. The van der Waals surface area contributed by atoms with E-state index < -0.39 is 27.4 Å². The molecule has 0 saturated carbocycles. The minimum atomic E-state index is -4.70. The lowest BCUT2D eigenvalue weighted by molar-refractivity contribution is -0.136. The second-order valence-electron chi connectivity index (χ2n) is 7.47. The molecule has 0 amide bonds. The van der Waals surface area contributed by atoms with Gasteiger partial charge < -0.3 is 4.42 Å². The van der Waals surface area contributed by atoms with E-state index in [4.69, 9.17) is 4.42 Å². The predicted octanol–water partition coefficient (Wildman–Crippen LogP) is 5.93. The molecule has 0 spiro atoms. The Kier molecular flexibility index (Phi) is 6.46. The average Bonchev–Trinajstić information content (AvgIpc) is 2.78. The Bertz CT molecular complexity index is 1510. The van der Waals surface area contributed by atoms with Crippen molar-refractivity contribution < 1.29 is 26.0 Å². The van der Waals surface area contributed by atoms with Crippen LogP contribution in [0.2, 0.25) is 0 Å². The number of sulfonamides is 1. The van der Waals surface area contributed by atoms with E-state index in [2.05, 4.69) is 4.72 Å². The molecule has 0 bridgehead atoms. The van der Waals surface area contributed by atoms with Gasteiger partial charge in [0.25, 0.3) is 10.0 Å². The number of rotatable bonds is 6. The van der Waals surface area contributed by atoms with Crippen molar-refractivity contribution in [1.82, 2.24) is 0 Å². The van der Waals surface area contributed by atoms with E-state index in [0.29, 0.717) is 22.9 Å². The third-order valence-corrected chi connectivity index (χ3v) is 7.20. The fourth-order valence-corrected chi connectivity index (χ4v) is 4.99. The number of alkyl halides is 3. The summed E-state index contributed by atoms with van der Waals surface area (Å²) in [5.74, 6) is 0. The number of thioether (sulfide) groups is 1. The summed E-state index contributed by atoms with van der Waals surface area (Å²) >= 11 is 1.49. The maximum Gasteiger partial charge on any atom is 0.417 e. The molecule has 34 heavy (non-hydrogen) atoms. The molecule has 176 valence electrons.